The molecule has 9 heavy (non-hydrogen) atoms. The zero-order valence-corrected chi connectivity index (χ0v) is 7.57. The van der Waals surface area contributed by atoms with Crippen molar-refractivity contribution >= 4 is 31.9 Å². The third kappa shape index (κ3) is 1.33. The van der Waals surface area contributed by atoms with E-state index in [2.05, 4.69) is 37.0 Å². The summed E-state index contributed by atoms with van der Waals surface area (Å²) >= 11 is 6.38. The summed E-state index contributed by atoms with van der Waals surface area (Å²) < 4.78 is 6.23. The van der Waals surface area contributed by atoms with E-state index in [1.165, 1.54) is 0 Å². The zero-order chi connectivity index (χ0) is 6.85. The highest BCUT2D eigenvalue weighted by Crippen LogP contribution is 2.24. The molecule has 0 aliphatic heterocycles. The Morgan fingerprint density at radius 1 is 1.56 bits per heavy atom. The Morgan fingerprint density at radius 3 is 2.44 bits per heavy atom. The lowest BCUT2D eigenvalue weighted by molar-refractivity contribution is 0.381. The van der Waals surface area contributed by atoms with E-state index in [4.69, 9.17) is 10.3 Å². The van der Waals surface area contributed by atoms with Gasteiger partial charge in [0.05, 0.1) is 11.0 Å². The van der Waals surface area contributed by atoms with Crippen LogP contribution in [0.2, 0.25) is 0 Å². The van der Waals surface area contributed by atoms with Gasteiger partial charge in [-0.05, 0) is 31.9 Å². The second-order valence-electron chi connectivity index (χ2n) is 1.41. The Hall–Kier alpha value is 0.130. The van der Waals surface area contributed by atoms with Crippen LogP contribution in [0.25, 0.3) is 0 Å². The molecule has 1 aromatic heterocycles. The molecule has 1 heterocycles. The minimum absolute atomic E-state index is 0.360. The number of aromatic nitrogens is 1. The van der Waals surface area contributed by atoms with Crippen LogP contribution in [-0.2, 0) is 6.54 Å². The molecule has 0 atom stereocenters. The molecule has 0 spiro atoms. The minimum Gasteiger partial charge on any atom is -0.358 e. The molecular formula is C4H4Br2N2O. The van der Waals surface area contributed by atoms with Crippen LogP contribution in [0.1, 0.15) is 5.76 Å². The maximum absolute atomic E-state index is 5.28. The lowest BCUT2D eigenvalue weighted by Crippen LogP contribution is -1.93. The van der Waals surface area contributed by atoms with Gasteiger partial charge in [-0.3, -0.25) is 0 Å². The second kappa shape index (κ2) is 2.81. The van der Waals surface area contributed by atoms with Crippen LogP contribution in [0, 0.1) is 0 Å². The van der Waals surface area contributed by atoms with E-state index in [1.807, 2.05) is 0 Å². The highest BCUT2D eigenvalue weighted by molar-refractivity contribution is 9.13. The molecule has 1 rings (SSSR count). The molecule has 0 aliphatic carbocycles. The first kappa shape index (κ1) is 7.24. The smallest absolute Gasteiger partial charge is 0.165 e. The average molecular weight is 256 g/mol. The number of rotatable bonds is 1. The van der Waals surface area contributed by atoms with E-state index >= 15 is 0 Å². The Bertz CT molecular complexity index is 210. The maximum Gasteiger partial charge on any atom is 0.165 e. The molecule has 50 valence electrons. The fraction of sp³-hybridized carbons (Fsp3) is 0.250. The van der Waals surface area contributed by atoms with Gasteiger partial charge in [-0.2, -0.15) is 0 Å². The predicted molar refractivity (Wildman–Crippen MR) is 39.8 cm³/mol. The summed E-state index contributed by atoms with van der Waals surface area (Å²) in [6.07, 6.45) is 0. The van der Waals surface area contributed by atoms with E-state index in [0.717, 1.165) is 4.47 Å². The number of hydrogen-bond donors (Lipinski definition) is 1. The van der Waals surface area contributed by atoms with Gasteiger partial charge in [-0.1, -0.05) is 5.16 Å². The largest absolute Gasteiger partial charge is 0.358 e. The third-order valence-electron chi connectivity index (χ3n) is 0.847. The monoisotopic (exact) mass is 254 g/mol. The van der Waals surface area contributed by atoms with Gasteiger partial charge in [0.15, 0.2) is 10.4 Å². The number of nitrogens with zero attached hydrogens (tertiary/aromatic N) is 1. The van der Waals surface area contributed by atoms with Crippen molar-refractivity contribution in [3.8, 4) is 0 Å². The molecule has 0 amide bonds. The van der Waals surface area contributed by atoms with Crippen molar-refractivity contribution in [2.45, 2.75) is 6.54 Å². The van der Waals surface area contributed by atoms with Crippen molar-refractivity contribution in [3.05, 3.63) is 14.8 Å². The Morgan fingerprint density at radius 2 is 2.22 bits per heavy atom. The maximum atomic E-state index is 5.28. The van der Waals surface area contributed by atoms with Crippen LogP contribution in [0.5, 0.6) is 0 Å². The first-order valence-electron chi connectivity index (χ1n) is 2.25. The molecule has 0 radical (unpaired) electrons. The molecule has 2 N–H and O–H groups in total. The zero-order valence-electron chi connectivity index (χ0n) is 4.40. The Kier molecular flexibility index (Phi) is 2.26. The lowest BCUT2D eigenvalue weighted by Gasteiger charge is -1.83. The van der Waals surface area contributed by atoms with Crippen LogP contribution in [0.15, 0.2) is 13.6 Å². The molecule has 5 heteroatoms. The molecule has 1 aromatic rings. The quantitative estimate of drug-likeness (QED) is 0.831. The summed E-state index contributed by atoms with van der Waals surface area (Å²) in [5.74, 6) is 0.655. The van der Waals surface area contributed by atoms with Crippen molar-refractivity contribution in [3.63, 3.8) is 0 Å². The van der Waals surface area contributed by atoms with Gasteiger partial charge in [0.25, 0.3) is 0 Å². The molecule has 0 saturated heterocycles. The Labute approximate surface area is 68.8 Å². The molecule has 0 aromatic carbocycles. The van der Waals surface area contributed by atoms with Gasteiger partial charge < -0.3 is 10.3 Å². The number of nitrogens with two attached hydrogens (primary N) is 1. The molecule has 0 saturated carbocycles. The van der Waals surface area contributed by atoms with Crippen molar-refractivity contribution in [2.75, 3.05) is 0 Å². The van der Waals surface area contributed by atoms with Crippen molar-refractivity contribution in [2.24, 2.45) is 5.73 Å². The fourth-order valence-electron chi connectivity index (χ4n) is 0.417. The molecule has 0 fully saturated rings. The van der Waals surface area contributed by atoms with E-state index in [9.17, 15) is 0 Å². The van der Waals surface area contributed by atoms with Gasteiger partial charge in [-0.15, -0.1) is 0 Å². The third-order valence-corrected chi connectivity index (χ3v) is 2.74. The van der Waals surface area contributed by atoms with Crippen LogP contribution in [0.4, 0.5) is 0 Å². The van der Waals surface area contributed by atoms with Gasteiger partial charge in [0.1, 0.15) is 0 Å². The molecule has 0 bridgehead atoms. The van der Waals surface area contributed by atoms with Crippen LogP contribution in [-0.4, -0.2) is 5.16 Å². The van der Waals surface area contributed by atoms with E-state index in [-0.39, 0.29) is 0 Å². The average Bonchev–Trinajstić information content (AvgIpc) is 2.15. The normalized spacial score (nSPS) is 10.1. The Balaban J connectivity index is 3.04. The van der Waals surface area contributed by atoms with E-state index in [0.29, 0.717) is 16.9 Å². The van der Waals surface area contributed by atoms with Gasteiger partial charge in [0.2, 0.25) is 0 Å². The van der Waals surface area contributed by atoms with Crippen LogP contribution < -0.4 is 5.73 Å². The van der Waals surface area contributed by atoms with Crippen LogP contribution >= 0.6 is 31.9 Å². The van der Waals surface area contributed by atoms with Crippen molar-refractivity contribution < 1.29 is 4.52 Å². The van der Waals surface area contributed by atoms with Crippen molar-refractivity contribution in [1.29, 1.82) is 0 Å². The first-order chi connectivity index (χ1) is 4.25. The first-order valence-corrected chi connectivity index (χ1v) is 3.84. The summed E-state index contributed by atoms with van der Waals surface area (Å²) in [5.41, 5.74) is 5.28. The summed E-state index contributed by atoms with van der Waals surface area (Å²) in [7, 11) is 0. The van der Waals surface area contributed by atoms with Gasteiger partial charge >= 0.3 is 0 Å². The van der Waals surface area contributed by atoms with Crippen molar-refractivity contribution in [1.82, 2.24) is 5.16 Å². The van der Waals surface area contributed by atoms with Gasteiger partial charge in [0, 0.05) is 0 Å². The predicted octanol–water partition coefficient (Wildman–Crippen LogP) is 1.66. The molecule has 0 unspecified atom stereocenters. The topological polar surface area (TPSA) is 52.0 Å². The fourth-order valence-corrected chi connectivity index (χ4v) is 1.02. The van der Waals surface area contributed by atoms with Gasteiger partial charge in [-0.25, -0.2) is 0 Å². The minimum atomic E-state index is 0.360. The molecule has 0 aliphatic rings. The number of hydrogen-bond acceptors (Lipinski definition) is 3. The van der Waals surface area contributed by atoms with E-state index < -0.39 is 0 Å². The summed E-state index contributed by atoms with van der Waals surface area (Å²) in [4.78, 5) is 0. The lowest BCUT2D eigenvalue weighted by atomic mass is 10.5. The molecule has 3 nitrogen and oxygen atoms in total. The standard InChI is InChI=1S/C4H4Br2N2O/c5-3-2(1-7)9-8-4(3)6/h1,7H2. The van der Waals surface area contributed by atoms with E-state index in [1.54, 1.807) is 0 Å². The van der Waals surface area contributed by atoms with Crippen LogP contribution in [0.3, 0.4) is 0 Å². The number of halogens is 2. The molecular weight excluding hydrogens is 252 g/mol. The summed E-state index contributed by atoms with van der Waals surface area (Å²) in [5, 5.41) is 3.60. The SMILES string of the molecule is NCc1onc(Br)c1Br. The highest BCUT2D eigenvalue weighted by Gasteiger charge is 2.07. The highest BCUT2D eigenvalue weighted by atomic mass is 79.9. The second-order valence-corrected chi connectivity index (χ2v) is 2.96. The summed E-state index contributed by atoms with van der Waals surface area (Å²) in [6.45, 7) is 0.360. The summed E-state index contributed by atoms with van der Waals surface area (Å²) in [6, 6.07) is 0.